The summed E-state index contributed by atoms with van der Waals surface area (Å²) in [5.41, 5.74) is 4.03. The Labute approximate surface area is 160 Å². The van der Waals surface area contributed by atoms with Crippen molar-refractivity contribution in [2.45, 2.75) is 20.4 Å². The normalized spacial score (nSPS) is 14.8. The maximum atomic E-state index is 12.4. The minimum atomic E-state index is -0.206. The molecule has 1 aliphatic heterocycles. The van der Waals surface area contributed by atoms with Gasteiger partial charge in [0.1, 0.15) is 0 Å². The molecule has 2 aromatic rings. The Hall–Kier alpha value is -2.73. The molecule has 0 saturated carbocycles. The Balaban J connectivity index is 1.44. The second kappa shape index (κ2) is 8.77. The lowest BCUT2D eigenvalue weighted by atomic mass is 10.1. The van der Waals surface area contributed by atoms with Crippen molar-refractivity contribution in [3.05, 3.63) is 65.0 Å². The van der Waals surface area contributed by atoms with Crippen LogP contribution in [0, 0.1) is 13.8 Å². The maximum absolute atomic E-state index is 12.4. The summed E-state index contributed by atoms with van der Waals surface area (Å²) in [7, 11) is 0. The summed E-state index contributed by atoms with van der Waals surface area (Å²) in [6, 6.07) is 9.60. The van der Waals surface area contributed by atoms with Crippen LogP contribution >= 0.6 is 0 Å². The van der Waals surface area contributed by atoms with E-state index in [0.717, 1.165) is 30.8 Å². The van der Waals surface area contributed by atoms with E-state index >= 15 is 0 Å². The lowest BCUT2D eigenvalue weighted by molar-refractivity contribution is -0.131. The van der Waals surface area contributed by atoms with E-state index in [0.29, 0.717) is 18.7 Å². The molecular formula is C21H26N4O2. The average molecular weight is 366 g/mol. The predicted octanol–water partition coefficient (Wildman–Crippen LogP) is 1.77. The van der Waals surface area contributed by atoms with Crippen LogP contribution in [-0.2, 0) is 11.3 Å². The number of rotatable bonds is 5. The number of pyridine rings is 1. The standard InChI is InChI=1S/C21H26N4O2/c1-16-3-4-19(13-17(16)2)21(27)23-14-20(26)25-11-9-24(10-12-25)15-18-5-7-22-8-6-18/h3-8,13H,9-12,14-15H2,1-2H3,(H,23,27). The molecule has 0 atom stereocenters. The number of carbonyl (C=O) groups excluding carboxylic acids is 2. The van der Waals surface area contributed by atoms with Crippen LogP contribution in [0.1, 0.15) is 27.0 Å². The molecular weight excluding hydrogens is 340 g/mol. The average Bonchev–Trinajstić information content (AvgIpc) is 2.69. The lowest BCUT2D eigenvalue weighted by Gasteiger charge is -2.34. The first-order chi connectivity index (χ1) is 13.0. The van der Waals surface area contributed by atoms with Gasteiger partial charge in [-0.1, -0.05) is 6.07 Å². The number of amides is 2. The highest BCUT2D eigenvalue weighted by Gasteiger charge is 2.21. The molecule has 0 radical (unpaired) electrons. The lowest BCUT2D eigenvalue weighted by Crippen LogP contribution is -2.50. The van der Waals surface area contributed by atoms with Gasteiger partial charge < -0.3 is 10.2 Å². The number of nitrogens with one attached hydrogen (secondary N) is 1. The van der Waals surface area contributed by atoms with Gasteiger partial charge in [0.25, 0.3) is 5.91 Å². The van der Waals surface area contributed by atoms with E-state index in [2.05, 4.69) is 15.2 Å². The van der Waals surface area contributed by atoms with E-state index in [1.807, 2.05) is 43.0 Å². The Kier molecular flexibility index (Phi) is 6.19. The molecule has 27 heavy (non-hydrogen) atoms. The highest BCUT2D eigenvalue weighted by Crippen LogP contribution is 2.10. The van der Waals surface area contributed by atoms with E-state index in [1.165, 1.54) is 5.56 Å². The fourth-order valence-electron chi connectivity index (χ4n) is 3.15. The number of piperazine rings is 1. The fourth-order valence-corrected chi connectivity index (χ4v) is 3.15. The number of aromatic nitrogens is 1. The fraction of sp³-hybridized carbons (Fsp3) is 0.381. The van der Waals surface area contributed by atoms with Gasteiger partial charge in [-0.3, -0.25) is 19.5 Å². The van der Waals surface area contributed by atoms with Crippen molar-refractivity contribution < 1.29 is 9.59 Å². The summed E-state index contributed by atoms with van der Waals surface area (Å²) >= 11 is 0. The van der Waals surface area contributed by atoms with E-state index in [4.69, 9.17) is 0 Å². The van der Waals surface area contributed by atoms with Crippen LogP contribution < -0.4 is 5.32 Å². The number of hydrogen-bond donors (Lipinski definition) is 1. The second-order valence-electron chi connectivity index (χ2n) is 6.99. The molecule has 3 rings (SSSR count). The van der Waals surface area contributed by atoms with Gasteiger partial charge in [0, 0.05) is 50.7 Å². The van der Waals surface area contributed by atoms with Crippen LogP contribution in [0.25, 0.3) is 0 Å². The van der Waals surface area contributed by atoms with Gasteiger partial charge in [-0.25, -0.2) is 0 Å². The van der Waals surface area contributed by atoms with Crippen LogP contribution in [0.2, 0.25) is 0 Å². The molecule has 1 aromatic heterocycles. The van der Waals surface area contributed by atoms with Crippen LogP contribution in [0.3, 0.4) is 0 Å². The largest absolute Gasteiger partial charge is 0.343 e. The van der Waals surface area contributed by atoms with Crippen LogP contribution in [-0.4, -0.2) is 59.3 Å². The van der Waals surface area contributed by atoms with Crippen molar-refractivity contribution in [3.63, 3.8) is 0 Å². The minimum absolute atomic E-state index is 0.0317. The van der Waals surface area contributed by atoms with Crippen molar-refractivity contribution in [2.24, 2.45) is 0 Å². The number of carbonyl (C=O) groups is 2. The first-order valence-electron chi connectivity index (χ1n) is 9.27. The molecule has 6 heteroatoms. The molecule has 0 aliphatic carbocycles. The molecule has 0 bridgehead atoms. The van der Waals surface area contributed by atoms with Crippen molar-refractivity contribution in [1.82, 2.24) is 20.1 Å². The smallest absolute Gasteiger partial charge is 0.251 e. The molecule has 1 aliphatic rings. The number of benzene rings is 1. The van der Waals surface area contributed by atoms with Crippen molar-refractivity contribution in [2.75, 3.05) is 32.7 Å². The van der Waals surface area contributed by atoms with E-state index in [-0.39, 0.29) is 18.4 Å². The molecule has 0 unspecified atom stereocenters. The van der Waals surface area contributed by atoms with Gasteiger partial charge in [0.15, 0.2) is 0 Å². The first kappa shape index (κ1) is 19.0. The first-order valence-corrected chi connectivity index (χ1v) is 9.27. The number of nitrogens with zero attached hydrogens (tertiary/aromatic N) is 3. The number of hydrogen-bond acceptors (Lipinski definition) is 4. The summed E-state index contributed by atoms with van der Waals surface area (Å²) in [5.74, 6) is -0.237. The SMILES string of the molecule is Cc1ccc(C(=O)NCC(=O)N2CCN(Cc3ccncc3)CC2)cc1C. The molecule has 1 fully saturated rings. The molecule has 1 aromatic carbocycles. The molecule has 1 N–H and O–H groups in total. The molecule has 142 valence electrons. The summed E-state index contributed by atoms with van der Waals surface area (Å²) in [4.78, 5) is 32.8. The third-order valence-corrected chi connectivity index (χ3v) is 5.05. The van der Waals surface area contributed by atoms with Gasteiger partial charge in [-0.05, 0) is 54.8 Å². The van der Waals surface area contributed by atoms with Crippen molar-refractivity contribution >= 4 is 11.8 Å². The summed E-state index contributed by atoms with van der Waals surface area (Å²) < 4.78 is 0. The Morgan fingerprint density at radius 2 is 1.70 bits per heavy atom. The highest BCUT2D eigenvalue weighted by molar-refractivity contribution is 5.96. The Morgan fingerprint density at radius 1 is 1.00 bits per heavy atom. The Bertz CT molecular complexity index is 799. The second-order valence-corrected chi connectivity index (χ2v) is 6.99. The van der Waals surface area contributed by atoms with Gasteiger partial charge in [0.05, 0.1) is 6.54 Å². The number of aryl methyl sites for hydroxylation is 2. The van der Waals surface area contributed by atoms with E-state index < -0.39 is 0 Å². The maximum Gasteiger partial charge on any atom is 0.251 e. The third-order valence-electron chi connectivity index (χ3n) is 5.05. The van der Waals surface area contributed by atoms with Crippen LogP contribution in [0.4, 0.5) is 0 Å². The summed E-state index contributed by atoms with van der Waals surface area (Å²) in [5, 5.41) is 2.74. The Morgan fingerprint density at radius 3 is 2.37 bits per heavy atom. The molecule has 2 amide bonds. The summed E-state index contributed by atoms with van der Waals surface area (Å²) in [6.07, 6.45) is 3.60. The topological polar surface area (TPSA) is 65.5 Å². The molecule has 6 nitrogen and oxygen atoms in total. The van der Waals surface area contributed by atoms with Gasteiger partial charge in [-0.15, -0.1) is 0 Å². The zero-order chi connectivity index (χ0) is 19.2. The van der Waals surface area contributed by atoms with Crippen molar-refractivity contribution in [1.29, 1.82) is 0 Å². The molecule has 2 heterocycles. The molecule has 1 saturated heterocycles. The van der Waals surface area contributed by atoms with E-state index in [9.17, 15) is 9.59 Å². The zero-order valence-electron chi connectivity index (χ0n) is 15.9. The molecule has 0 spiro atoms. The van der Waals surface area contributed by atoms with E-state index in [1.54, 1.807) is 18.5 Å². The third kappa shape index (κ3) is 5.14. The quantitative estimate of drug-likeness (QED) is 0.876. The predicted molar refractivity (Wildman–Crippen MR) is 104 cm³/mol. The van der Waals surface area contributed by atoms with Gasteiger partial charge in [0.2, 0.25) is 5.91 Å². The zero-order valence-corrected chi connectivity index (χ0v) is 15.9. The van der Waals surface area contributed by atoms with Crippen molar-refractivity contribution in [3.8, 4) is 0 Å². The highest BCUT2D eigenvalue weighted by atomic mass is 16.2. The van der Waals surface area contributed by atoms with Crippen LogP contribution in [0.15, 0.2) is 42.7 Å². The monoisotopic (exact) mass is 366 g/mol. The minimum Gasteiger partial charge on any atom is -0.343 e. The van der Waals surface area contributed by atoms with Gasteiger partial charge in [-0.2, -0.15) is 0 Å². The van der Waals surface area contributed by atoms with Crippen LogP contribution in [0.5, 0.6) is 0 Å². The summed E-state index contributed by atoms with van der Waals surface area (Å²) in [6.45, 7) is 7.92. The van der Waals surface area contributed by atoms with Gasteiger partial charge >= 0.3 is 0 Å².